The van der Waals surface area contributed by atoms with Gasteiger partial charge in [0.2, 0.25) is 0 Å². The molecule has 3 atom stereocenters. The Balaban J connectivity index is 2.15. The summed E-state index contributed by atoms with van der Waals surface area (Å²) in [5.74, 6) is 0.0127. The first kappa shape index (κ1) is 16.2. The number of hydrogen-bond acceptors (Lipinski definition) is 2. The van der Waals surface area contributed by atoms with E-state index in [4.69, 9.17) is 0 Å². The zero-order valence-corrected chi connectivity index (χ0v) is 14.1. The van der Waals surface area contributed by atoms with Gasteiger partial charge in [0.1, 0.15) is 7.14 Å². The normalized spacial score (nSPS) is 22.7. The van der Waals surface area contributed by atoms with E-state index in [0.717, 1.165) is 29.9 Å². The molecule has 1 aliphatic carbocycles. The van der Waals surface area contributed by atoms with Crippen molar-refractivity contribution in [1.29, 1.82) is 0 Å². The highest BCUT2D eigenvalue weighted by Crippen LogP contribution is 2.54. The van der Waals surface area contributed by atoms with Crippen LogP contribution in [0.4, 0.5) is 0 Å². The fourth-order valence-electron chi connectivity index (χ4n) is 3.75. The Morgan fingerprint density at radius 2 is 1.52 bits per heavy atom. The van der Waals surface area contributed by atoms with Crippen LogP contribution in [-0.2, 0) is 4.57 Å². The molecule has 0 heterocycles. The first-order chi connectivity index (χ1) is 11.2. The SMILES string of the molecule is C=CC([C@H]1CCC[C@@H]1O)P(=O)(c1ccccc1)c1ccccc1. The molecule has 0 bridgehead atoms. The van der Waals surface area contributed by atoms with Gasteiger partial charge in [-0.05, 0) is 18.8 Å². The van der Waals surface area contributed by atoms with Crippen LogP contribution in [0.15, 0.2) is 73.3 Å². The first-order valence-electron chi connectivity index (χ1n) is 8.19. The predicted molar refractivity (Wildman–Crippen MR) is 97.1 cm³/mol. The van der Waals surface area contributed by atoms with E-state index in [1.54, 1.807) is 6.08 Å². The summed E-state index contributed by atoms with van der Waals surface area (Å²) in [6.07, 6.45) is 4.10. The van der Waals surface area contributed by atoms with Gasteiger partial charge in [-0.15, -0.1) is 6.58 Å². The second-order valence-electron chi connectivity index (χ2n) is 6.22. The minimum atomic E-state index is -2.90. The summed E-state index contributed by atoms with van der Waals surface area (Å²) >= 11 is 0. The lowest BCUT2D eigenvalue weighted by atomic mass is 10.0. The van der Waals surface area contributed by atoms with Crippen molar-refractivity contribution in [3.8, 4) is 0 Å². The summed E-state index contributed by atoms with van der Waals surface area (Å²) in [5.41, 5.74) is -0.232. The van der Waals surface area contributed by atoms with Crippen molar-refractivity contribution >= 4 is 17.8 Å². The van der Waals surface area contributed by atoms with Gasteiger partial charge in [-0.25, -0.2) is 0 Å². The Labute approximate surface area is 138 Å². The third kappa shape index (κ3) is 2.94. The molecule has 0 radical (unpaired) electrons. The summed E-state index contributed by atoms with van der Waals surface area (Å²) in [6, 6.07) is 19.3. The molecule has 1 fully saturated rings. The number of aliphatic hydroxyl groups is 1. The van der Waals surface area contributed by atoms with Crippen LogP contribution in [0.2, 0.25) is 0 Å². The van der Waals surface area contributed by atoms with Gasteiger partial charge >= 0.3 is 0 Å². The smallest absolute Gasteiger partial charge is 0.150 e. The number of hydrogen-bond donors (Lipinski definition) is 1. The minimum absolute atomic E-state index is 0.0127. The van der Waals surface area contributed by atoms with Crippen LogP contribution < -0.4 is 10.6 Å². The van der Waals surface area contributed by atoms with Crippen molar-refractivity contribution in [2.75, 3.05) is 0 Å². The maximum Gasteiger partial charge on any atom is 0.150 e. The zero-order chi connectivity index (χ0) is 16.3. The second-order valence-corrected chi connectivity index (χ2v) is 9.16. The molecule has 1 N–H and O–H groups in total. The van der Waals surface area contributed by atoms with Gasteiger partial charge in [0.05, 0.1) is 6.10 Å². The van der Waals surface area contributed by atoms with Crippen LogP contribution in [0.3, 0.4) is 0 Å². The molecule has 1 unspecified atom stereocenters. The molecule has 0 saturated heterocycles. The average Bonchev–Trinajstić information content (AvgIpc) is 3.03. The van der Waals surface area contributed by atoms with E-state index >= 15 is 0 Å². The maximum absolute atomic E-state index is 14.3. The number of rotatable bonds is 5. The van der Waals surface area contributed by atoms with Crippen molar-refractivity contribution in [3.05, 3.63) is 73.3 Å². The molecule has 0 aliphatic heterocycles. The average molecular weight is 326 g/mol. The largest absolute Gasteiger partial charge is 0.393 e. The van der Waals surface area contributed by atoms with E-state index < -0.39 is 13.2 Å². The highest BCUT2D eigenvalue weighted by atomic mass is 31.2. The lowest BCUT2D eigenvalue weighted by Gasteiger charge is -2.32. The Morgan fingerprint density at radius 3 is 1.91 bits per heavy atom. The summed E-state index contributed by atoms with van der Waals surface area (Å²) in [7, 11) is -2.90. The first-order valence-corrected chi connectivity index (χ1v) is 9.97. The Morgan fingerprint density at radius 1 is 1.00 bits per heavy atom. The molecule has 2 nitrogen and oxygen atoms in total. The third-order valence-corrected chi connectivity index (χ3v) is 8.48. The molecule has 0 amide bonds. The molecule has 23 heavy (non-hydrogen) atoms. The number of aliphatic hydroxyl groups excluding tert-OH is 1. The van der Waals surface area contributed by atoms with E-state index in [9.17, 15) is 9.67 Å². The lowest BCUT2D eigenvalue weighted by molar-refractivity contribution is 0.135. The molecule has 2 aromatic carbocycles. The molecule has 1 saturated carbocycles. The van der Waals surface area contributed by atoms with Crippen molar-refractivity contribution in [3.63, 3.8) is 0 Å². The molecule has 1 aliphatic rings. The monoisotopic (exact) mass is 326 g/mol. The fourth-order valence-corrected chi connectivity index (χ4v) is 7.15. The van der Waals surface area contributed by atoms with Crippen LogP contribution in [0.5, 0.6) is 0 Å². The summed E-state index contributed by atoms with van der Waals surface area (Å²) in [6.45, 7) is 3.97. The van der Waals surface area contributed by atoms with Crippen LogP contribution in [0.1, 0.15) is 19.3 Å². The molecule has 0 spiro atoms. The van der Waals surface area contributed by atoms with Gasteiger partial charge in [-0.2, -0.15) is 0 Å². The van der Waals surface area contributed by atoms with Gasteiger partial charge in [0.25, 0.3) is 0 Å². The number of allylic oxidation sites excluding steroid dienone is 1. The molecular weight excluding hydrogens is 303 g/mol. The van der Waals surface area contributed by atoms with E-state index in [1.807, 2.05) is 60.7 Å². The Bertz CT molecular complexity index is 653. The topological polar surface area (TPSA) is 37.3 Å². The molecule has 120 valence electrons. The van der Waals surface area contributed by atoms with Crippen LogP contribution in [0.25, 0.3) is 0 Å². The van der Waals surface area contributed by atoms with E-state index in [2.05, 4.69) is 6.58 Å². The van der Waals surface area contributed by atoms with Crippen molar-refractivity contribution in [2.45, 2.75) is 31.0 Å². The zero-order valence-electron chi connectivity index (χ0n) is 13.2. The van der Waals surface area contributed by atoms with Crippen LogP contribution in [0, 0.1) is 5.92 Å². The van der Waals surface area contributed by atoms with E-state index in [-0.39, 0.29) is 11.6 Å². The van der Waals surface area contributed by atoms with Crippen molar-refractivity contribution < 1.29 is 9.67 Å². The maximum atomic E-state index is 14.3. The summed E-state index contributed by atoms with van der Waals surface area (Å²) < 4.78 is 14.3. The molecular formula is C20H23O2P. The fraction of sp³-hybridized carbons (Fsp3) is 0.300. The summed E-state index contributed by atoms with van der Waals surface area (Å²) in [5, 5.41) is 12.1. The Hall–Kier alpha value is -1.63. The molecule has 2 aromatic rings. The quantitative estimate of drug-likeness (QED) is 0.672. The van der Waals surface area contributed by atoms with Gasteiger partial charge in [-0.1, -0.05) is 73.2 Å². The lowest BCUT2D eigenvalue weighted by Crippen LogP contribution is -2.33. The highest BCUT2D eigenvalue weighted by Gasteiger charge is 2.43. The minimum Gasteiger partial charge on any atom is -0.393 e. The highest BCUT2D eigenvalue weighted by molar-refractivity contribution is 7.79. The number of benzene rings is 2. The summed E-state index contributed by atoms with van der Waals surface area (Å²) in [4.78, 5) is 0. The predicted octanol–water partition coefficient (Wildman–Crippen LogP) is 3.72. The van der Waals surface area contributed by atoms with Crippen LogP contribution >= 0.6 is 7.14 Å². The molecule has 0 aromatic heterocycles. The standard InChI is InChI=1S/C20H23O2P/c1-2-20(18-14-9-15-19(18)21)23(22,16-10-5-3-6-11-16)17-12-7-4-8-13-17/h2-8,10-13,18-21H,1,9,14-15H2/t18-,19-,20?/m0/s1. The van der Waals surface area contributed by atoms with Crippen molar-refractivity contribution in [2.24, 2.45) is 5.92 Å². The molecule has 3 heteroatoms. The van der Waals surface area contributed by atoms with Crippen molar-refractivity contribution in [1.82, 2.24) is 0 Å². The van der Waals surface area contributed by atoms with E-state index in [1.165, 1.54) is 0 Å². The Kier molecular flexibility index (Phi) is 4.84. The third-order valence-electron chi connectivity index (χ3n) is 4.91. The van der Waals surface area contributed by atoms with Gasteiger partial charge in [0, 0.05) is 16.3 Å². The van der Waals surface area contributed by atoms with Gasteiger partial charge in [0.15, 0.2) is 0 Å². The molecule has 3 rings (SSSR count). The van der Waals surface area contributed by atoms with E-state index in [0.29, 0.717) is 0 Å². The van der Waals surface area contributed by atoms with Gasteiger partial charge < -0.3 is 9.67 Å². The second kappa shape index (κ2) is 6.86. The van der Waals surface area contributed by atoms with Crippen LogP contribution in [-0.4, -0.2) is 16.9 Å². The van der Waals surface area contributed by atoms with Gasteiger partial charge in [-0.3, -0.25) is 0 Å².